The highest BCUT2D eigenvalue weighted by molar-refractivity contribution is 5.88. The molecule has 0 heterocycles. The smallest absolute Gasteiger partial charge is 0.345 e. The Kier molecular flexibility index (Phi) is 24.8. The lowest BCUT2D eigenvalue weighted by Crippen LogP contribution is -2.49. The molecule has 0 aromatic carbocycles. The molecule has 0 aliphatic rings. The lowest BCUT2D eigenvalue weighted by Gasteiger charge is -2.24. The van der Waals surface area contributed by atoms with E-state index in [1.807, 2.05) is 0 Å². The number of unbranched alkanes of at least 4 members (excludes halogenated alkanes) is 14. The minimum atomic E-state index is -2.20. The van der Waals surface area contributed by atoms with Gasteiger partial charge in [-0.05, 0) is 6.42 Å². The number of carbonyl (C=O) groups is 2. The molecular weight excluding hydrogens is 441 g/mol. The van der Waals surface area contributed by atoms with Gasteiger partial charge in [-0.3, -0.25) is 4.79 Å². The molecule has 0 bridgehead atoms. The molecule has 0 saturated carbocycles. The number of hydrogen-bond donors (Lipinski definition) is 5. The zero-order valence-electron chi connectivity index (χ0n) is 19.8. The Hall–Kier alpha value is -0.294. The molecule has 0 spiro atoms. The summed E-state index contributed by atoms with van der Waals surface area (Å²) in [6.45, 7) is 1.37. The van der Waals surface area contributed by atoms with E-state index in [1.165, 1.54) is 70.6 Å². The summed E-state index contributed by atoms with van der Waals surface area (Å²) in [5.74, 6) is -2.21. The maximum Gasteiger partial charge on any atom is 0.345 e. The van der Waals surface area contributed by atoms with Crippen molar-refractivity contribution >= 4 is 35.0 Å². The molecule has 0 aliphatic carbocycles. The van der Waals surface area contributed by atoms with Crippen LogP contribution in [0.4, 0.5) is 0 Å². The molecule has 194 valence electrons. The van der Waals surface area contributed by atoms with Crippen LogP contribution >= 0.6 is 0 Å². The summed E-state index contributed by atoms with van der Waals surface area (Å²) in [6, 6.07) is 0. The third-order valence-electron chi connectivity index (χ3n) is 5.70. The maximum absolute atomic E-state index is 11.7. The van der Waals surface area contributed by atoms with Crippen LogP contribution in [0.25, 0.3) is 0 Å². The monoisotopic (exact) mass is 488 g/mol. The summed E-state index contributed by atoms with van der Waals surface area (Å²) in [4.78, 5) is 23.3. The average molecular weight is 489 g/mol. The number of aliphatic hydroxyl groups is 5. The van der Waals surface area contributed by atoms with Crippen LogP contribution < -0.4 is 0 Å². The third-order valence-corrected chi connectivity index (χ3v) is 5.70. The van der Waals surface area contributed by atoms with Crippen LogP contribution in [0.1, 0.15) is 110 Å². The van der Waals surface area contributed by atoms with E-state index < -0.39 is 43.0 Å². The molecule has 8 nitrogen and oxygen atoms in total. The van der Waals surface area contributed by atoms with Crippen molar-refractivity contribution in [3.63, 3.8) is 0 Å². The summed E-state index contributed by atoms with van der Waals surface area (Å²) < 4.78 is 4.47. The normalized spacial score (nSPS) is 14.7. The lowest BCUT2D eigenvalue weighted by molar-refractivity contribution is -0.176. The third kappa shape index (κ3) is 18.7. The Labute approximate surface area is 215 Å². The Bertz CT molecular complexity index is 477. The molecule has 0 radical (unpaired) electrons. The van der Waals surface area contributed by atoms with Gasteiger partial charge in [-0.2, -0.15) is 0 Å². The maximum atomic E-state index is 11.7. The number of esters is 2. The predicted molar refractivity (Wildman–Crippen MR) is 130 cm³/mol. The molecule has 0 rings (SSSR count). The minimum absolute atomic E-state index is 0. The van der Waals surface area contributed by atoms with Gasteiger partial charge < -0.3 is 30.3 Å². The van der Waals surface area contributed by atoms with Gasteiger partial charge in [0.1, 0.15) is 18.3 Å². The molecule has 0 saturated heterocycles. The molecule has 0 fully saturated rings. The fraction of sp³-hybridized carbons (Fsp3) is 0.917. The predicted octanol–water partition coefficient (Wildman–Crippen LogP) is 1.84. The molecule has 33 heavy (non-hydrogen) atoms. The van der Waals surface area contributed by atoms with Crippen molar-refractivity contribution < 1.29 is 39.9 Å². The number of hydrogen-bond acceptors (Lipinski definition) is 8. The number of aliphatic hydroxyl groups excluding tert-OH is 5. The van der Waals surface area contributed by atoms with E-state index in [4.69, 9.17) is 5.11 Å². The molecule has 4 atom stereocenters. The van der Waals surface area contributed by atoms with Gasteiger partial charge in [-0.1, -0.05) is 96.8 Å². The van der Waals surface area contributed by atoms with Crippen molar-refractivity contribution in [2.75, 3.05) is 6.61 Å². The van der Waals surface area contributed by atoms with E-state index in [0.29, 0.717) is 6.42 Å². The first-order chi connectivity index (χ1) is 15.3. The van der Waals surface area contributed by atoms with Gasteiger partial charge in [0.05, 0.1) is 6.61 Å². The Morgan fingerprint density at radius 1 is 0.667 bits per heavy atom. The Balaban J connectivity index is 0. The van der Waals surface area contributed by atoms with Crippen LogP contribution in [0.3, 0.4) is 0 Å². The van der Waals surface area contributed by atoms with Gasteiger partial charge in [0.25, 0.3) is 0 Å². The van der Waals surface area contributed by atoms with Crippen molar-refractivity contribution in [3.05, 3.63) is 0 Å². The Morgan fingerprint density at radius 2 is 1.06 bits per heavy atom. The van der Waals surface area contributed by atoms with Gasteiger partial charge in [0.15, 0.2) is 6.10 Å². The first-order valence-corrected chi connectivity index (χ1v) is 12.4. The van der Waals surface area contributed by atoms with Crippen LogP contribution in [0.15, 0.2) is 0 Å². The SMILES string of the molecule is CCCCCCCCCCCCCCCCCC(=O)OC(=O)[C@H](O)[C@@H](O)[C@H](O)[C@H](O)CO.[MgH2]. The van der Waals surface area contributed by atoms with E-state index in [1.54, 1.807) is 0 Å². The van der Waals surface area contributed by atoms with Crippen molar-refractivity contribution in [2.45, 2.75) is 134 Å². The molecule has 9 heteroatoms. The highest BCUT2D eigenvalue weighted by Crippen LogP contribution is 2.14. The second kappa shape index (κ2) is 23.4. The molecule has 5 N–H and O–H groups in total. The molecule has 0 aromatic heterocycles. The second-order valence-corrected chi connectivity index (χ2v) is 8.67. The highest BCUT2D eigenvalue weighted by Gasteiger charge is 2.35. The van der Waals surface area contributed by atoms with Crippen LogP contribution in [0, 0.1) is 0 Å². The van der Waals surface area contributed by atoms with Crippen LogP contribution in [0.2, 0.25) is 0 Å². The fourth-order valence-electron chi connectivity index (χ4n) is 3.53. The van der Waals surface area contributed by atoms with Gasteiger partial charge in [0, 0.05) is 6.42 Å². The summed E-state index contributed by atoms with van der Waals surface area (Å²) in [6.07, 6.45) is 10.0. The summed E-state index contributed by atoms with van der Waals surface area (Å²) in [5, 5.41) is 46.6. The summed E-state index contributed by atoms with van der Waals surface area (Å²) >= 11 is 0. The van der Waals surface area contributed by atoms with E-state index in [9.17, 15) is 30.0 Å². The first kappa shape index (κ1) is 34.9. The van der Waals surface area contributed by atoms with Gasteiger partial charge in [-0.25, -0.2) is 4.79 Å². The van der Waals surface area contributed by atoms with Crippen molar-refractivity contribution in [1.82, 2.24) is 0 Å². The van der Waals surface area contributed by atoms with Gasteiger partial charge >= 0.3 is 35.0 Å². The van der Waals surface area contributed by atoms with Gasteiger partial charge in [0.2, 0.25) is 0 Å². The number of ether oxygens (including phenoxy) is 1. The standard InChI is InChI=1S/C24H46O8.Mg.2H/c1-2-3-4-5-6-7-8-9-10-11-12-13-14-15-16-17-20(27)32-24(31)23(30)22(29)21(28)19(26)18-25;;;/h19,21-23,25-26,28-30H,2-18H2,1H3;;;/t19-,21-,22+,23-;;;/m1.../s1. The summed E-state index contributed by atoms with van der Waals surface area (Å²) in [5.41, 5.74) is 0. The molecule has 0 amide bonds. The second-order valence-electron chi connectivity index (χ2n) is 8.67. The van der Waals surface area contributed by atoms with E-state index >= 15 is 0 Å². The molecular formula is C24H48MgO8. The average Bonchev–Trinajstić information content (AvgIpc) is 2.79. The Morgan fingerprint density at radius 3 is 1.45 bits per heavy atom. The molecule has 0 unspecified atom stereocenters. The summed E-state index contributed by atoms with van der Waals surface area (Å²) in [7, 11) is 0. The largest absolute Gasteiger partial charge is 0.394 e. The van der Waals surface area contributed by atoms with E-state index in [-0.39, 0.29) is 29.5 Å². The van der Waals surface area contributed by atoms with Crippen molar-refractivity contribution in [2.24, 2.45) is 0 Å². The topological polar surface area (TPSA) is 145 Å². The fourth-order valence-corrected chi connectivity index (χ4v) is 3.53. The number of rotatable bonds is 21. The van der Waals surface area contributed by atoms with Crippen LogP contribution in [-0.2, 0) is 14.3 Å². The first-order valence-electron chi connectivity index (χ1n) is 12.4. The van der Waals surface area contributed by atoms with Gasteiger partial charge in [-0.15, -0.1) is 0 Å². The molecule has 0 aliphatic heterocycles. The zero-order valence-corrected chi connectivity index (χ0v) is 19.8. The van der Waals surface area contributed by atoms with Crippen molar-refractivity contribution in [3.8, 4) is 0 Å². The molecule has 0 aromatic rings. The quantitative estimate of drug-likeness (QED) is 0.0712. The van der Waals surface area contributed by atoms with Crippen LogP contribution in [-0.4, -0.2) is 91.5 Å². The van der Waals surface area contributed by atoms with Crippen LogP contribution in [0.5, 0.6) is 0 Å². The van der Waals surface area contributed by atoms with E-state index in [0.717, 1.165) is 19.3 Å². The lowest BCUT2D eigenvalue weighted by atomic mass is 10.0. The highest BCUT2D eigenvalue weighted by atomic mass is 24.3. The zero-order chi connectivity index (χ0) is 24.2. The minimum Gasteiger partial charge on any atom is -0.394 e. The van der Waals surface area contributed by atoms with Crippen molar-refractivity contribution in [1.29, 1.82) is 0 Å². The van der Waals surface area contributed by atoms with E-state index in [2.05, 4.69) is 11.7 Å². The number of carbonyl (C=O) groups excluding carboxylic acids is 2.